The molecule has 0 spiro atoms. The molecule has 86 valence electrons. The van der Waals surface area contributed by atoms with Gasteiger partial charge in [-0.25, -0.2) is 17.2 Å². The van der Waals surface area contributed by atoms with Gasteiger partial charge in [-0.3, -0.25) is 0 Å². The average molecular weight is 268 g/mol. The quantitative estimate of drug-likeness (QED) is 0.785. The zero-order valence-corrected chi connectivity index (χ0v) is 9.10. The summed E-state index contributed by atoms with van der Waals surface area (Å²) in [6, 6.07) is 3.41. The molecule has 8 heteroatoms. The Morgan fingerprint density at radius 3 is 2.62 bits per heavy atom. The van der Waals surface area contributed by atoms with Crippen molar-refractivity contribution in [3.63, 3.8) is 0 Å². The van der Waals surface area contributed by atoms with Crippen LogP contribution in [0.4, 0.5) is 8.78 Å². The van der Waals surface area contributed by atoms with Crippen molar-refractivity contribution in [1.82, 2.24) is 4.98 Å². The summed E-state index contributed by atoms with van der Waals surface area (Å²) < 4.78 is 51.2. The van der Waals surface area contributed by atoms with Crippen molar-refractivity contribution in [3.05, 3.63) is 23.8 Å². The minimum Gasteiger partial charge on any atom is -0.427 e. The summed E-state index contributed by atoms with van der Waals surface area (Å²) >= 11 is 0. The van der Waals surface area contributed by atoms with Gasteiger partial charge >= 0.3 is 14.3 Å². The molecule has 0 saturated carbocycles. The highest BCUT2D eigenvalue weighted by atomic mass is 35.7. The second-order valence-corrected chi connectivity index (χ2v) is 5.39. The Hall–Kier alpha value is -1.21. The van der Waals surface area contributed by atoms with Crippen molar-refractivity contribution in [2.75, 3.05) is 0 Å². The molecule has 0 aliphatic carbocycles. The molecular weight excluding hydrogens is 264 g/mol. The first-order chi connectivity index (χ1) is 7.38. The molecule has 2 aromatic rings. The minimum atomic E-state index is -4.09. The van der Waals surface area contributed by atoms with E-state index in [0.717, 1.165) is 12.1 Å². The van der Waals surface area contributed by atoms with Crippen LogP contribution in [-0.2, 0) is 9.05 Å². The normalized spacial score (nSPS) is 12.5. The molecule has 0 aliphatic heterocycles. The summed E-state index contributed by atoms with van der Waals surface area (Å²) in [5.74, 6) is 0. The molecule has 4 nitrogen and oxygen atoms in total. The first kappa shape index (κ1) is 11.3. The van der Waals surface area contributed by atoms with Crippen LogP contribution in [0.1, 0.15) is 12.0 Å². The predicted octanol–water partition coefficient (Wildman–Crippen LogP) is 2.69. The van der Waals surface area contributed by atoms with Crippen LogP contribution >= 0.6 is 10.7 Å². The molecule has 0 radical (unpaired) electrons. The van der Waals surface area contributed by atoms with Crippen LogP contribution < -0.4 is 0 Å². The van der Waals surface area contributed by atoms with Gasteiger partial charge in [0.2, 0.25) is 0 Å². The van der Waals surface area contributed by atoms with Gasteiger partial charge in [-0.1, -0.05) is 6.07 Å². The summed E-state index contributed by atoms with van der Waals surface area (Å²) in [6.07, 6.45) is -2.66. The number of rotatable bonds is 2. The Morgan fingerprint density at radius 1 is 1.38 bits per heavy atom. The van der Waals surface area contributed by atoms with Crippen molar-refractivity contribution in [3.8, 4) is 0 Å². The Bertz CT molecular complexity index is 638. The molecule has 0 bridgehead atoms. The third-order valence-corrected chi connectivity index (χ3v) is 2.84. The van der Waals surface area contributed by atoms with Gasteiger partial charge in [0, 0.05) is 16.2 Å². The number of hydrogen-bond donors (Lipinski definition) is 0. The molecule has 16 heavy (non-hydrogen) atoms. The second-order valence-electron chi connectivity index (χ2n) is 2.95. The van der Waals surface area contributed by atoms with Crippen molar-refractivity contribution in [2.24, 2.45) is 0 Å². The van der Waals surface area contributed by atoms with Gasteiger partial charge in [0.1, 0.15) is 5.52 Å². The minimum absolute atomic E-state index is 0.0444. The molecule has 0 unspecified atom stereocenters. The third-order valence-electron chi connectivity index (χ3n) is 1.85. The van der Waals surface area contributed by atoms with Crippen LogP contribution in [-0.4, -0.2) is 13.4 Å². The number of benzene rings is 1. The summed E-state index contributed by atoms with van der Waals surface area (Å²) in [7, 11) is 0.909. The number of oxazole rings is 1. The number of fused-ring (bicyclic) bond motifs is 1. The van der Waals surface area contributed by atoms with Crippen LogP contribution in [0.2, 0.25) is 0 Å². The van der Waals surface area contributed by atoms with Crippen LogP contribution in [0.5, 0.6) is 0 Å². The highest BCUT2D eigenvalue weighted by Crippen LogP contribution is 2.26. The molecular formula is C8H4ClF2NO3S. The Kier molecular flexibility index (Phi) is 2.59. The van der Waals surface area contributed by atoms with Gasteiger partial charge in [-0.05, 0) is 12.1 Å². The van der Waals surface area contributed by atoms with E-state index in [9.17, 15) is 17.2 Å². The predicted molar refractivity (Wildman–Crippen MR) is 52.0 cm³/mol. The average Bonchev–Trinajstić information content (AvgIpc) is 2.58. The van der Waals surface area contributed by atoms with Crippen LogP contribution in [0, 0.1) is 0 Å². The standard InChI is InChI=1S/C8H4ClF2NO3S/c9-16(13,14)8-12-5-2-1-4(7(10)11)3-6(5)15-8/h1-3,7H. The van der Waals surface area contributed by atoms with E-state index in [0.29, 0.717) is 0 Å². The lowest BCUT2D eigenvalue weighted by Crippen LogP contribution is -1.88. The van der Waals surface area contributed by atoms with Crippen molar-refractivity contribution in [1.29, 1.82) is 0 Å². The molecule has 1 heterocycles. The molecule has 0 aliphatic rings. The van der Waals surface area contributed by atoms with E-state index in [1.807, 2.05) is 0 Å². The third kappa shape index (κ3) is 2.00. The summed E-state index contributed by atoms with van der Waals surface area (Å²) in [4.78, 5) is 3.55. The van der Waals surface area contributed by atoms with Crippen LogP contribution in [0.25, 0.3) is 11.1 Å². The van der Waals surface area contributed by atoms with E-state index in [4.69, 9.17) is 15.1 Å². The number of alkyl halides is 2. The zero-order chi connectivity index (χ0) is 11.9. The zero-order valence-electron chi connectivity index (χ0n) is 7.52. The first-order valence-electron chi connectivity index (χ1n) is 4.01. The fourth-order valence-corrected chi connectivity index (χ4v) is 1.75. The van der Waals surface area contributed by atoms with Gasteiger partial charge in [0.15, 0.2) is 5.58 Å². The lowest BCUT2D eigenvalue weighted by atomic mass is 10.2. The fraction of sp³-hybridized carbons (Fsp3) is 0.125. The highest BCUT2D eigenvalue weighted by molar-refractivity contribution is 8.13. The van der Waals surface area contributed by atoms with Gasteiger partial charge in [-0.15, -0.1) is 0 Å². The SMILES string of the molecule is O=S(=O)(Cl)c1nc2ccc(C(F)F)cc2o1. The number of nitrogens with zero attached hydrogens (tertiary/aromatic N) is 1. The molecule has 0 saturated heterocycles. The van der Waals surface area contributed by atoms with Crippen molar-refractivity contribution < 1.29 is 21.6 Å². The van der Waals surface area contributed by atoms with E-state index in [1.54, 1.807) is 0 Å². The van der Waals surface area contributed by atoms with Gasteiger partial charge < -0.3 is 4.42 Å². The van der Waals surface area contributed by atoms with E-state index in [1.165, 1.54) is 6.07 Å². The van der Waals surface area contributed by atoms with Crippen molar-refractivity contribution in [2.45, 2.75) is 11.6 Å². The summed E-state index contributed by atoms with van der Waals surface area (Å²) in [6.45, 7) is 0. The smallest absolute Gasteiger partial charge is 0.332 e. The number of aromatic nitrogens is 1. The van der Waals surface area contributed by atoms with Crippen molar-refractivity contribution >= 4 is 30.8 Å². The molecule has 2 rings (SSSR count). The first-order valence-corrected chi connectivity index (χ1v) is 6.32. The Morgan fingerprint density at radius 2 is 2.06 bits per heavy atom. The van der Waals surface area contributed by atoms with E-state index in [-0.39, 0.29) is 16.7 Å². The maximum atomic E-state index is 12.3. The Balaban J connectivity index is 2.63. The topological polar surface area (TPSA) is 60.2 Å². The molecule has 1 aromatic carbocycles. The Labute approximate surface area is 93.3 Å². The molecule has 0 amide bonds. The number of halogens is 3. The van der Waals surface area contributed by atoms with Gasteiger partial charge in [0.05, 0.1) is 0 Å². The van der Waals surface area contributed by atoms with E-state index in [2.05, 4.69) is 4.98 Å². The monoisotopic (exact) mass is 267 g/mol. The summed E-state index contributed by atoms with van der Waals surface area (Å²) in [5, 5.41) is -0.699. The van der Waals surface area contributed by atoms with Crippen LogP contribution in [0.3, 0.4) is 0 Å². The molecule has 0 atom stereocenters. The summed E-state index contributed by atoms with van der Waals surface area (Å²) in [5.41, 5.74) is -0.164. The second kappa shape index (κ2) is 3.67. The molecule has 0 N–H and O–H groups in total. The maximum absolute atomic E-state index is 12.3. The van der Waals surface area contributed by atoms with Crippen LogP contribution in [0.15, 0.2) is 27.8 Å². The molecule has 1 aromatic heterocycles. The van der Waals surface area contributed by atoms with Gasteiger partial charge in [0.25, 0.3) is 6.43 Å². The van der Waals surface area contributed by atoms with E-state index >= 15 is 0 Å². The lowest BCUT2D eigenvalue weighted by Gasteiger charge is -1.96. The maximum Gasteiger partial charge on any atom is 0.332 e. The molecule has 0 fully saturated rings. The van der Waals surface area contributed by atoms with E-state index < -0.39 is 20.7 Å². The number of hydrogen-bond acceptors (Lipinski definition) is 4. The fourth-order valence-electron chi connectivity index (χ4n) is 1.16. The highest BCUT2D eigenvalue weighted by Gasteiger charge is 2.19. The van der Waals surface area contributed by atoms with Gasteiger partial charge in [-0.2, -0.15) is 4.98 Å². The lowest BCUT2D eigenvalue weighted by molar-refractivity contribution is 0.151. The largest absolute Gasteiger partial charge is 0.427 e.